The zero-order chi connectivity index (χ0) is 17.9. The molecular weight excluding hydrogens is 332 g/mol. The van der Waals surface area contributed by atoms with E-state index in [4.69, 9.17) is 5.11 Å². The second-order valence-corrected chi connectivity index (χ2v) is 6.33. The Morgan fingerprint density at radius 3 is 2.46 bits per heavy atom. The lowest BCUT2D eigenvalue weighted by molar-refractivity contribution is -0.136. The molecule has 0 bridgehead atoms. The first kappa shape index (κ1) is 19.8. The quantitative estimate of drug-likeness (QED) is 0.461. The van der Waals surface area contributed by atoms with Gasteiger partial charge < -0.3 is 20.8 Å². The Morgan fingerprint density at radius 1 is 1.21 bits per heavy atom. The molecule has 0 radical (unpaired) electrons. The number of rotatable bonds is 10. The van der Waals surface area contributed by atoms with Gasteiger partial charge in [-0.2, -0.15) is 11.8 Å². The fourth-order valence-corrected chi connectivity index (χ4v) is 2.86. The van der Waals surface area contributed by atoms with Gasteiger partial charge in [-0.1, -0.05) is 12.1 Å². The van der Waals surface area contributed by atoms with E-state index >= 15 is 0 Å². The molecule has 0 aromatic heterocycles. The molecular formula is C16H22N2O5S. The number of phenols is 1. The standard InChI is InChI=1S/C16H22N2O5S/c1-11(19)18-14(10-24-9-7-15(21)22)16(23)17-8-6-12-2-4-13(20)5-3-12/h2-5,14,20H,6-10H2,1H3,(H,17,23)(H,18,19)(H,21,22). The van der Waals surface area contributed by atoms with Crippen LogP contribution in [-0.4, -0.2) is 52.1 Å². The van der Waals surface area contributed by atoms with Crippen molar-refractivity contribution in [2.75, 3.05) is 18.1 Å². The Bertz CT molecular complexity index is 562. The number of thioether (sulfide) groups is 1. The van der Waals surface area contributed by atoms with Crippen molar-refractivity contribution in [2.45, 2.75) is 25.8 Å². The van der Waals surface area contributed by atoms with Crippen molar-refractivity contribution in [1.82, 2.24) is 10.6 Å². The van der Waals surface area contributed by atoms with Crippen LogP contribution in [0.1, 0.15) is 18.9 Å². The largest absolute Gasteiger partial charge is 0.508 e. The topological polar surface area (TPSA) is 116 Å². The molecule has 4 N–H and O–H groups in total. The molecule has 24 heavy (non-hydrogen) atoms. The van der Waals surface area contributed by atoms with Gasteiger partial charge in [-0.15, -0.1) is 0 Å². The van der Waals surface area contributed by atoms with Gasteiger partial charge in [0.25, 0.3) is 0 Å². The zero-order valence-corrected chi connectivity index (χ0v) is 14.3. The molecule has 7 nitrogen and oxygen atoms in total. The number of carboxylic acids is 1. The number of aromatic hydroxyl groups is 1. The fourth-order valence-electron chi connectivity index (χ4n) is 1.90. The predicted octanol–water partition coefficient (Wildman–Crippen LogP) is 0.764. The van der Waals surface area contributed by atoms with Crippen molar-refractivity contribution in [3.8, 4) is 5.75 Å². The van der Waals surface area contributed by atoms with E-state index in [0.29, 0.717) is 24.5 Å². The van der Waals surface area contributed by atoms with Gasteiger partial charge in [-0.25, -0.2) is 0 Å². The first-order valence-electron chi connectivity index (χ1n) is 7.50. The van der Waals surface area contributed by atoms with Crippen molar-refractivity contribution < 1.29 is 24.6 Å². The average Bonchev–Trinajstić information content (AvgIpc) is 2.51. The molecule has 132 valence electrons. The third-order valence-corrected chi connectivity index (χ3v) is 4.15. The van der Waals surface area contributed by atoms with Crippen molar-refractivity contribution >= 4 is 29.5 Å². The van der Waals surface area contributed by atoms with Gasteiger partial charge in [0.2, 0.25) is 11.8 Å². The van der Waals surface area contributed by atoms with E-state index in [1.54, 1.807) is 24.3 Å². The summed E-state index contributed by atoms with van der Waals surface area (Å²) in [7, 11) is 0. The number of carboxylic acid groups (broad SMARTS) is 1. The summed E-state index contributed by atoms with van der Waals surface area (Å²) in [5.74, 6) is -0.618. The molecule has 1 aromatic rings. The lowest BCUT2D eigenvalue weighted by Crippen LogP contribution is -2.48. The van der Waals surface area contributed by atoms with Crippen LogP contribution < -0.4 is 10.6 Å². The zero-order valence-electron chi connectivity index (χ0n) is 13.4. The Labute approximate surface area is 144 Å². The predicted molar refractivity (Wildman–Crippen MR) is 92.0 cm³/mol. The number of hydrogen-bond donors (Lipinski definition) is 4. The number of benzene rings is 1. The Morgan fingerprint density at radius 2 is 1.88 bits per heavy atom. The Balaban J connectivity index is 2.40. The number of carbonyl (C=O) groups is 3. The molecule has 0 spiro atoms. The van der Waals surface area contributed by atoms with Crippen LogP contribution in [0.5, 0.6) is 5.75 Å². The summed E-state index contributed by atoms with van der Waals surface area (Å²) in [6.45, 7) is 1.73. The fraction of sp³-hybridized carbons (Fsp3) is 0.438. The molecule has 1 unspecified atom stereocenters. The third-order valence-electron chi connectivity index (χ3n) is 3.09. The maximum atomic E-state index is 12.2. The third kappa shape index (κ3) is 8.42. The summed E-state index contributed by atoms with van der Waals surface area (Å²) in [5, 5.41) is 23.1. The smallest absolute Gasteiger partial charge is 0.304 e. The average molecular weight is 354 g/mol. The Kier molecular flexibility index (Phi) is 8.70. The summed E-state index contributed by atoms with van der Waals surface area (Å²) in [5.41, 5.74) is 0.972. The van der Waals surface area contributed by atoms with Crippen molar-refractivity contribution in [3.63, 3.8) is 0 Å². The van der Waals surface area contributed by atoms with Crippen LogP contribution in [0.4, 0.5) is 0 Å². The number of hydrogen-bond acceptors (Lipinski definition) is 5. The summed E-state index contributed by atoms with van der Waals surface area (Å²) in [6.07, 6.45) is 0.616. The van der Waals surface area contributed by atoms with Crippen molar-refractivity contribution in [3.05, 3.63) is 29.8 Å². The van der Waals surface area contributed by atoms with E-state index in [2.05, 4.69) is 10.6 Å². The molecule has 0 aliphatic heterocycles. The number of amides is 2. The van der Waals surface area contributed by atoms with Crippen molar-refractivity contribution in [1.29, 1.82) is 0 Å². The van der Waals surface area contributed by atoms with Gasteiger partial charge in [0.1, 0.15) is 11.8 Å². The van der Waals surface area contributed by atoms with Gasteiger partial charge >= 0.3 is 5.97 Å². The molecule has 0 fully saturated rings. The second kappa shape index (κ2) is 10.5. The molecule has 0 saturated carbocycles. The number of nitrogens with one attached hydrogen (secondary N) is 2. The van der Waals surface area contributed by atoms with Crippen molar-refractivity contribution in [2.24, 2.45) is 0 Å². The molecule has 8 heteroatoms. The van der Waals surface area contributed by atoms with E-state index in [0.717, 1.165) is 5.56 Å². The number of phenolic OH excluding ortho intramolecular Hbond substituents is 1. The van der Waals surface area contributed by atoms with E-state index in [1.807, 2.05) is 0 Å². The molecule has 2 amide bonds. The van der Waals surface area contributed by atoms with Crippen LogP contribution in [0.2, 0.25) is 0 Å². The first-order chi connectivity index (χ1) is 11.4. The van der Waals surface area contributed by atoms with Gasteiger partial charge in [0.05, 0.1) is 6.42 Å². The summed E-state index contributed by atoms with van der Waals surface area (Å²) in [6, 6.07) is 6.01. The van der Waals surface area contributed by atoms with Gasteiger partial charge in [-0.3, -0.25) is 14.4 Å². The summed E-state index contributed by atoms with van der Waals surface area (Å²) < 4.78 is 0. The van der Waals surface area contributed by atoms with Gasteiger partial charge in [-0.05, 0) is 24.1 Å². The Hall–Kier alpha value is -2.22. The normalized spacial score (nSPS) is 11.5. The first-order valence-corrected chi connectivity index (χ1v) is 8.66. The maximum absolute atomic E-state index is 12.2. The highest BCUT2D eigenvalue weighted by Gasteiger charge is 2.19. The molecule has 1 aromatic carbocycles. The molecule has 0 aliphatic carbocycles. The van der Waals surface area contributed by atoms with Crippen LogP contribution in [0, 0.1) is 0 Å². The minimum atomic E-state index is -0.892. The van der Waals surface area contributed by atoms with Gasteiger partial charge in [0.15, 0.2) is 0 Å². The minimum absolute atomic E-state index is 0.0138. The van der Waals surface area contributed by atoms with Gasteiger partial charge in [0, 0.05) is 25.0 Å². The van der Waals surface area contributed by atoms with Crippen LogP contribution >= 0.6 is 11.8 Å². The van der Waals surface area contributed by atoms with Crippen LogP contribution in [0.3, 0.4) is 0 Å². The molecule has 1 atom stereocenters. The maximum Gasteiger partial charge on any atom is 0.304 e. The minimum Gasteiger partial charge on any atom is -0.508 e. The molecule has 0 aliphatic rings. The molecule has 1 rings (SSSR count). The van der Waals surface area contributed by atoms with E-state index in [1.165, 1.54) is 18.7 Å². The highest BCUT2D eigenvalue weighted by molar-refractivity contribution is 7.99. The second-order valence-electron chi connectivity index (χ2n) is 5.18. The lowest BCUT2D eigenvalue weighted by atomic mass is 10.1. The lowest BCUT2D eigenvalue weighted by Gasteiger charge is -2.17. The van der Waals surface area contributed by atoms with E-state index in [-0.39, 0.29) is 24.0 Å². The van der Waals surface area contributed by atoms with Crippen LogP contribution in [-0.2, 0) is 20.8 Å². The summed E-state index contributed by atoms with van der Waals surface area (Å²) >= 11 is 1.31. The highest BCUT2D eigenvalue weighted by atomic mass is 32.2. The number of aliphatic carboxylic acids is 1. The monoisotopic (exact) mass is 354 g/mol. The summed E-state index contributed by atoms with van der Waals surface area (Å²) in [4.78, 5) is 33.8. The van der Waals surface area contributed by atoms with Crippen LogP contribution in [0.25, 0.3) is 0 Å². The SMILES string of the molecule is CC(=O)NC(CSCCC(=O)O)C(=O)NCCc1ccc(O)cc1. The molecule has 0 saturated heterocycles. The van der Waals surface area contributed by atoms with Crippen LogP contribution in [0.15, 0.2) is 24.3 Å². The number of carbonyl (C=O) groups excluding carboxylic acids is 2. The van der Waals surface area contributed by atoms with E-state index < -0.39 is 12.0 Å². The highest BCUT2D eigenvalue weighted by Crippen LogP contribution is 2.10. The molecule has 0 heterocycles. The van der Waals surface area contributed by atoms with E-state index in [9.17, 15) is 19.5 Å².